The molecule has 0 N–H and O–H groups in total. The average molecular weight is 517 g/mol. The van der Waals surface area contributed by atoms with Crippen LogP contribution in [0.25, 0.3) is 11.3 Å². The van der Waals surface area contributed by atoms with E-state index >= 15 is 0 Å². The van der Waals surface area contributed by atoms with Crippen LogP contribution in [0.2, 0.25) is 5.02 Å². The van der Waals surface area contributed by atoms with Crippen molar-refractivity contribution >= 4 is 40.7 Å². The maximum absolute atomic E-state index is 12.5. The van der Waals surface area contributed by atoms with Crippen LogP contribution in [0, 0.1) is 0 Å². The molecule has 2 heterocycles. The molecule has 0 atom stereocenters. The van der Waals surface area contributed by atoms with E-state index in [2.05, 4.69) is 10.3 Å². The lowest BCUT2D eigenvalue weighted by Crippen LogP contribution is -2.08. The molecule has 11 heteroatoms. The first-order valence-corrected chi connectivity index (χ1v) is 12.3. The summed E-state index contributed by atoms with van der Waals surface area (Å²) in [6, 6.07) is 13.1. The van der Waals surface area contributed by atoms with Crippen LogP contribution in [0.4, 0.5) is 0 Å². The Labute approximate surface area is 209 Å². The highest BCUT2D eigenvalue weighted by Crippen LogP contribution is 2.36. The van der Waals surface area contributed by atoms with Crippen molar-refractivity contribution in [3.05, 3.63) is 64.1 Å². The molecule has 176 valence electrons. The highest BCUT2D eigenvalue weighted by molar-refractivity contribution is 8.01. The number of thiazole rings is 1. The summed E-state index contributed by atoms with van der Waals surface area (Å²) in [5.74, 6) is 0.839. The maximum Gasteiger partial charge on any atom is 0.361 e. The molecule has 0 aliphatic heterocycles. The Morgan fingerprint density at radius 3 is 2.62 bits per heavy atom. The zero-order chi connectivity index (χ0) is 24.1. The molecule has 0 aliphatic rings. The van der Waals surface area contributed by atoms with E-state index in [1.54, 1.807) is 31.9 Å². The summed E-state index contributed by atoms with van der Waals surface area (Å²) in [6.07, 6.45) is 0. The molecule has 0 saturated heterocycles. The number of ether oxygens (including phenoxy) is 3. The predicted octanol–water partition coefficient (Wildman–Crippen LogP) is 5.45. The lowest BCUT2D eigenvalue weighted by molar-refractivity contribution is 0.0515. The molecule has 0 spiro atoms. The first kappa shape index (κ1) is 24.1. The van der Waals surface area contributed by atoms with Crippen LogP contribution in [0.3, 0.4) is 0 Å². The number of benzene rings is 2. The molecule has 0 bridgehead atoms. The minimum absolute atomic E-state index is 0.157. The van der Waals surface area contributed by atoms with Gasteiger partial charge in [-0.15, -0.1) is 16.4 Å². The van der Waals surface area contributed by atoms with Crippen molar-refractivity contribution in [2.45, 2.75) is 22.8 Å². The fourth-order valence-corrected chi connectivity index (χ4v) is 5.21. The third-order valence-electron chi connectivity index (χ3n) is 4.76. The van der Waals surface area contributed by atoms with E-state index in [-0.39, 0.29) is 12.3 Å². The molecule has 4 aromatic rings. The van der Waals surface area contributed by atoms with Crippen molar-refractivity contribution in [2.75, 3.05) is 20.8 Å². The van der Waals surface area contributed by atoms with E-state index in [1.807, 2.05) is 41.8 Å². The summed E-state index contributed by atoms with van der Waals surface area (Å²) in [6.45, 7) is 2.42. The van der Waals surface area contributed by atoms with Crippen LogP contribution >= 0.6 is 34.7 Å². The van der Waals surface area contributed by atoms with Crippen molar-refractivity contribution in [2.24, 2.45) is 0 Å². The molecular weight excluding hydrogens is 496 g/mol. The molecule has 0 radical (unpaired) electrons. The summed E-state index contributed by atoms with van der Waals surface area (Å²) in [5.41, 5.74) is 2.77. The average Bonchev–Trinajstić information content (AvgIpc) is 3.47. The van der Waals surface area contributed by atoms with Gasteiger partial charge >= 0.3 is 5.97 Å². The van der Waals surface area contributed by atoms with Gasteiger partial charge in [-0.25, -0.2) is 14.5 Å². The second kappa shape index (κ2) is 10.9. The van der Waals surface area contributed by atoms with Gasteiger partial charge in [0.2, 0.25) is 5.69 Å². The van der Waals surface area contributed by atoms with Crippen molar-refractivity contribution in [3.63, 3.8) is 0 Å². The second-order valence-electron chi connectivity index (χ2n) is 6.92. The number of halogens is 1. The van der Waals surface area contributed by atoms with Gasteiger partial charge in [0.05, 0.1) is 38.1 Å². The molecule has 0 saturated carbocycles. The Kier molecular flexibility index (Phi) is 7.71. The zero-order valence-corrected chi connectivity index (χ0v) is 21.0. The largest absolute Gasteiger partial charge is 0.497 e. The Bertz CT molecular complexity index is 1290. The van der Waals surface area contributed by atoms with Crippen molar-refractivity contribution in [1.29, 1.82) is 0 Å². The SMILES string of the molecule is CCOC(=O)c1nnn(Cc2ccc(OC)cc2)c1Sc1nc(-c2ccc(OC)c(Cl)c2)cs1. The number of aromatic nitrogens is 4. The molecule has 2 aromatic carbocycles. The number of hydrogen-bond donors (Lipinski definition) is 0. The van der Waals surface area contributed by atoms with Gasteiger partial charge in [0.1, 0.15) is 16.5 Å². The molecule has 4 rings (SSSR count). The summed E-state index contributed by atoms with van der Waals surface area (Å²) in [5, 5.41) is 11.3. The molecule has 2 aromatic heterocycles. The smallest absolute Gasteiger partial charge is 0.361 e. The standard InChI is InChI=1S/C23H21ClN4O4S2/c1-4-32-22(29)20-21(28(27-26-20)12-14-5-8-16(30-2)9-6-14)34-23-25-18(13-33-23)15-7-10-19(31-3)17(24)11-15/h5-11,13H,4,12H2,1-3H3. The Morgan fingerprint density at radius 1 is 1.15 bits per heavy atom. The fraction of sp³-hybridized carbons (Fsp3) is 0.217. The normalized spacial score (nSPS) is 10.8. The van der Waals surface area contributed by atoms with Gasteiger partial charge in [0.25, 0.3) is 0 Å². The van der Waals surface area contributed by atoms with Gasteiger partial charge in [-0.2, -0.15) is 0 Å². The van der Waals surface area contributed by atoms with Crippen molar-refractivity contribution in [1.82, 2.24) is 20.0 Å². The van der Waals surface area contributed by atoms with Crippen LogP contribution in [0.5, 0.6) is 11.5 Å². The summed E-state index contributed by atoms with van der Waals surface area (Å²) in [7, 11) is 3.19. The number of esters is 1. The lowest BCUT2D eigenvalue weighted by Gasteiger charge is -2.07. The van der Waals surface area contributed by atoms with Crippen LogP contribution < -0.4 is 9.47 Å². The van der Waals surface area contributed by atoms with Gasteiger partial charge in [-0.05, 0) is 54.6 Å². The Hall–Kier alpha value is -3.08. The second-order valence-corrected chi connectivity index (χ2v) is 9.42. The third kappa shape index (κ3) is 5.35. The maximum atomic E-state index is 12.5. The van der Waals surface area contributed by atoms with E-state index in [1.165, 1.54) is 23.1 Å². The van der Waals surface area contributed by atoms with Gasteiger partial charge in [-0.1, -0.05) is 28.9 Å². The number of hydrogen-bond acceptors (Lipinski definition) is 9. The van der Waals surface area contributed by atoms with Gasteiger partial charge in [0, 0.05) is 10.9 Å². The summed E-state index contributed by atoms with van der Waals surface area (Å²) < 4.78 is 18.0. The molecule has 8 nitrogen and oxygen atoms in total. The number of carbonyl (C=O) groups excluding carboxylic acids is 1. The molecular formula is C23H21ClN4O4S2. The minimum Gasteiger partial charge on any atom is -0.497 e. The first-order valence-electron chi connectivity index (χ1n) is 10.2. The number of rotatable bonds is 9. The number of carbonyl (C=O) groups is 1. The van der Waals surface area contributed by atoms with Crippen LogP contribution in [0.15, 0.2) is 57.2 Å². The molecule has 0 amide bonds. The van der Waals surface area contributed by atoms with E-state index in [9.17, 15) is 4.79 Å². The first-order chi connectivity index (χ1) is 16.5. The highest BCUT2D eigenvalue weighted by atomic mass is 35.5. The zero-order valence-electron chi connectivity index (χ0n) is 18.6. The van der Waals surface area contributed by atoms with Crippen LogP contribution in [-0.4, -0.2) is 46.8 Å². The van der Waals surface area contributed by atoms with E-state index in [0.29, 0.717) is 22.3 Å². The summed E-state index contributed by atoms with van der Waals surface area (Å²) in [4.78, 5) is 17.2. The minimum atomic E-state index is -0.523. The van der Waals surface area contributed by atoms with E-state index in [0.717, 1.165) is 26.9 Å². The molecule has 34 heavy (non-hydrogen) atoms. The highest BCUT2D eigenvalue weighted by Gasteiger charge is 2.23. The quantitative estimate of drug-likeness (QED) is 0.271. The Morgan fingerprint density at radius 2 is 1.94 bits per heavy atom. The topological polar surface area (TPSA) is 88.4 Å². The predicted molar refractivity (Wildman–Crippen MR) is 131 cm³/mol. The van der Waals surface area contributed by atoms with E-state index in [4.69, 9.17) is 30.8 Å². The fourth-order valence-electron chi connectivity index (χ4n) is 3.09. The number of methoxy groups -OCH3 is 2. The van der Waals surface area contributed by atoms with Crippen molar-refractivity contribution in [3.8, 4) is 22.8 Å². The van der Waals surface area contributed by atoms with Crippen LogP contribution in [-0.2, 0) is 11.3 Å². The third-order valence-corrected chi connectivity index (χ3v) is 7.10. The van der Waals surface area contributed by atoms with Gasteiger partial charge < -0.3 is 14.2 Å². The number of nitrogens with zero attached hydrogens (tertiary/aromatic N) is 4. The van der Waals surface area contributed by atoms with Gasteiger partial charge in [0.15, 0.2) is 4.34 Å². The van der Waals surface area contributed by atoms with Crippen LogP contribution in [0.1, 0.15) is 23.0 Å². The monoisotopic (exact) mass is 516 g/mol. The molecule has 0 aliphatic carbocycles. The Balaban J connectivity index is 1.62. The van der Waals surface area contributed by atoms with E-state index < -0.39 is 5.97 Å². The molecule has 0 fully saturated rings. The lowest BCUT2D eigenvalue weighted by atomic mass is 10.2. The van der Waals surface area contributed by atoms with Crippen molar-refractivity contribution < 1.29 is 19.0 Å². The molecule has 0 unspecified atom stereocenters. The van der Waals surface area contributed by atoms with Gasteiger partial charge in [-0.3, -0.25) is 0 Å². The summed E-state index contributed by atoms with van der Waals surface area (Å²) >= 11 is 9.04.